The largest absolute Gasteiger partial charge is 0.425 e. The van der Waals surface area contributed by atoms with E-state index in [0.717, 1.165) is 42.6 Å². The first-order chi connectivity index (χ1) is 17.4. The monoisotopic (exact) mass is 518 g/mol. The maximum Gasteiger partial charge on any atom is 0.425 e. The Morgan fingerprint density at radius 1 is 1.05 bits per heavy atom. The van der Waals surface area contributed by atoms with Gasteiger partial charge in [-0.15, -0.1) is 0 Å². The second-order valence-corrected chi connectivity index (χ2v) is 11.6. The van der Waals surface area contributed by atoms with Gasteiger partial charge in [0.25, 0.3) is 5.91 Å². The first-order valence-electron chi connectivity index (χ1n) is 13.4. The van der Waals surface area contributed by atoms with Crippen molar-refractivity contribution in [1.29, 1.82) is 0 Å². The maximum absolute atomic E-state index is 14.9. The standard InChI is InChI=1S/C29H37F3N2O3/c1-27(2)18-22-25(23(35)19-27)28(29(30,31)32,33-24(36)16-15-21-12-7-4-8-13-21)26(37)34(22)17-9-14-20-10-5-3-6-11-20/h3,5-6,10-11,21H,4,7-9,12-19H2,1-2H3,(H,33,36). The normalized spacial score (nSPS) is 24.4. The second-order valence-electron chi connectivity index (χ2n) is 11.6. The molecule has 4 rings (SSSR count). The molecule has 1 aliphatic heterocycles. The molecule has 8 heteroatoms. The van der Waals surface area contributed by atoms with Crippen molar-refractivity contribution < 1.29 is 27.6 Å². The Kier molecular flexibility index (Phi) is 7.86. The number of halogens is 3. The summed E-state index contributed by atoms with van der Waals surface area (Å²) in [6.45, 7) is 3.68. The third-order valence-corrected chi connectivity index (χ3v) is 8.07. The Balaban J connectivity index is 1.62. The van der Waals surface area contributed by atoms with Crippen LogP contribution in [0.4, 0.5) is 13.2 Å². The van der Waals surface area contributed by atoms with Crippen molar-refractivity contribution in [2.24, 2.45) is 11.3 Å². The third-order valence-electron chi connectivity index (χ3n) is 8.07. The van der Waals surface area contributed by atoms with E-state index in [4.69, 9.17) is 0 Å². The average molecular weight is 519 g/mol. The Morgan fingerprint density at radius 2 is 1.73 bits per heavy atom. The fraction of sp³-hybridized carbons (Fsp3) is 0.621. The number of rotatable bonds is 8. The van der Waals surface area contributed by atoms with Crippen LogP contribution < -0.4 is 5.32 Å². The average Bonchev–Trinajstić information content (AvgIpc) is 3.06. The van der Waals surface area contributed by atoms with E-state index < -0.39 is 40.3 Å². The molecule has 0 bridgehead atoms. The van der Waals surface area contributed by atoms with Crippen LogP contribution in [-0.2, 0) is 20.8 Å². The van der Waals surface area contributed by atoms with Gasteiger partial charge in [-0.1, -0.05) is 76.3 Å². The van der Waals surface area contributed by atoms with E-state index in [-0.39, 0.29) is 31.5 Å². The van der Waals surface area contributed by atoms with E-state index in [1.54, 1.807) is 0 Å². The number of allylic oxidation sites excluding steroid dienone is 1. The van der Waals surface area contributed by atoms with Crippen molar-refractivity contribution in [1.82, 2.24) is 10.2 Å². The number of carbonyl (C=O) groups is 3. The summed E-state index contributed by atoms with van der Waals surface area (Å²) in [5.41, 5.74) is -3.34. The summed E-state index contributed by atoms with van der Waals surface area (Å²) in [4.78, 5) is 41.0. The number of hydrogen-bond acceptors (Lipinski definition) is 3. The van der Waals surface area contributed by atoms with E-state index in [2.05, 4.69) is 5.32 Å². The van der Waals surface area contributed by atoms with Gasteiger partial charge in [-0.05, 0) is 42.6 Å². The van der Waals surface area contributed by atoms with Gasteiger partial charge in [-0.25, -0.2) is 0 Å². The zero-order chi connectivity index (χ0) is 26.8. The summed E-state index contributed by atoms with van der Waals surface area (Å²) in [5.74, 6) is -2.49. The SMILES string of the molecule is CC1(C)CC(=O)C2=C(C1)N(CCCc1ccccc1)C(=O)C2(NC(=O)CCC1CCCCC1)C(F)(F)F. The maximum atomic E-state index is 14.9. The summed E-state index contributed by atoms with van der Waals surface area (Å²) >= 11 is 0. The predicted octanol–water partition coefficient (Wildman–Crippen LogP) is 5.88. The number of hydrogen-bond donors (Lipinski definition) is 1. The number of Topliss-reactive ketones (excluding diaryl/α,β-unsaturated/α-hetero) is 1. The summed E-state index contributed by atoms with van der Waals surface area (Å²) in [5, 5.41) is 2.08. The summed E-state index contributed by atoms with van der Waals surface area (Å²) in [7, 11) is 0. The first-order valence-corrected chi connectivity index (χ1v) is 13.4. The van der Waals surface area contributed by atoms with Gasteiger partial charge in [-0.3, -0.25) is 14.4 Å². The molecule has 0 radical (unpaired) electrons. The Bertz CT molecular complexity index is 1060. The van der Waals surface area contributed by atoms with Gasteiger partial charge >= 0.3 is 6.18 Å². The Morgan fingerprint density at radius 3 is 2.38 bits per heavy atom. The molecule has 0 saturated heterocycles. The van der Waals surface area contributed by atoms with Crippen LogP contribution in [0.1, 0.15) is 83.6 Å². The molecule has 2 aliphatic carbocycles. The summed E-state index contributed by atoms with van der Waals surface area (Å²) in [6, 6.07) is 9.51. The fourth-order valence-corrected chi connectivity index (χ4v) is 6.23. The number of nitrogens with zero attached hydrogens (tertiary/aromatic N) is 1. The number of carbonyl (C=O) groups excluding carboxylic acids is 3. The lowest BCUT2D eigenvalue weighted by atomic mass is 9.72. The van der Waals surface area contributed by atoms with Crippen LogP contribution in [0.3, 0.4) is 0 Å². The van der Waals surface area contributed by atoms with Crippen molar-refractivity contribution in [2.45, 2.75) is 96.2 Å². The van der Waals surface area contributed by atoms with E-state index in [1.165, 1.54) is 0 Å². The molecule has 37 heavy (non-hydrogen) atoms. The van der Waals surface area contributed by atoms with Crippen LogP contribution in [0, 0.1) is 11.3 Å². The molecule has 1 N–H and O–H groups in total. The van der Waals surface area contributed by atoms with Gasteiger partial charge in [-0.2, -0.15) is 13.2 Å². The van der Waals surface area contributed by atoms with Crippen molar-refractivity contribution in [3.63, 3.8) is 0 Å². The topological polar surface area (TPSA) is 66.5 Å². The van der Waals surface area contributed by atoms with Crippen molar-refractivity contribution in [3.8, 4) is 0 Å². The molecule has 5 nitrogen and oxygen atoms in total. The predicted molar refractivity (Wildman–Crippen MR) is 134 cm³/mol. The van der Waals surface area contributed by atoms with Crippen LogP contribution in [-0.4, -0.2) is 40.8 Å². The highest BCUT2D eigenvalue weighted by atomic mass is 19.4. The number of amides is 2. The summed E-state index contributed by atoms with van der Waals surface area (Å²) < 4.78 is 44.6. The van der Waals surface area contributed by atoms with Gasteiger partial charge < -0.3 is 10.2 Å². The summed E-state index contributed by atoms with van der Waals surface area (Å²) in [6.07, 6.45) is 1.54. The number of nitrogens with one attached hydrogen (secondary N) is 1. The van der Waals surface area contributed by atoms with E-state index in [1.807, 2.05) is 44.2 Å². The van der Waals surface area contributed by atoms with E-state index in [9.17, 15) is 27.6 Å². The van der Waals surface area contributed by atoms with Gasteiger partial charge in [0.05, 0.1) is 5.57 Å². The third kappa shape index (κ3) is 5.63. The molecule has 1 saturated carbocycles. The molecule has 0 spiro atoms. The Labute approximate surface area is 216 Å². The van der Waals surface area contributed by atoms with Gasteiger partial charge in [0.15, 0.2) is 5.78 Å². The second kappa shape index (κ2) is 10.6. The fourth-order valence-electron chi connectivity index (χ4n) is 6.23. The lowest BCUT2D eigenvalue weighted by molar-refractivity contribution is -0.194. The van der Waals surface area contributed by atoms with Crippen molar-refractivity contribution in [2.75, 3.05) is 6.54 Å². The number of alkyl halides is 3. The van der Waals surface area contributed by atoms with Crippen LogP contribution in [0.25, 0.3) is 0 Å². The molecule has 1 aromatic rings. The van der Waals surface area contributed by atoms with Gasteiger partial charge in [0.2, 0.25) is 11.4 Å². The number of aryl methyl sites for hydroxylation is 1. The molecule has 1 unspecified atom stereocenters. The number of benzene rings is 1. The quantitative estimate of drug-likeness (QED) is 0.467. The van der Waals surface area contributed by atoms with E-state index >= 15 is 0 Å². The van der Waals surface area contributed by atoms with Crippen LogP contribution >= 0.6 is 0 Å². The highest BCUT2D eigenvalue weighted by Gasteiger charge is 2.71. The molecule has 2 amide bonds. The van der Waals surface area contributed by atoms with Crippen LogP contribution in [0.5, 0.6) is 0 Å². The highest BCUT2D eigenvalue weighted by molar-refractivity contribution is 6.13. The van der Waals surface area contributed by atoms with Crippen molar-refractivity contribution >= 4 is 17.6 Å². The highest BCUT2D eigenvalue weighted by Crippen LogP contribution is 2.51. The van der Waals surface area contributed by atoms with Crippen molar-refractivity contribution in [3.05, 3.63) is 47.2 Å². The minimum Gasteiger partial charge on any atom is -0.330 e. The molecular weight excluding hydrogens is 481 g/mol. The molecule has 3 aliphatic rings. The first kappa shape index (κ1) is 27.4. The molecule has 1 fully saturated rings. The minimum absolute atomic E-state index is 0.0473. The van der Waals surface area contributed by atoms with Crippen LogP contribution in [0.2, 0.25) is 0 Å². The zero-order valence-electron chi connectivity index (χ0n) is 21.8. The van der Waals surface area contributed by atoms with E-state index in [0.29, 0.717) is 25.2 Å². The molecule has 0 aromatic heterocycles. The minimum atomic E-state index is -5.14. The smallest absolute Gasteiger partial charge is 0.330 e. The molecule has 1 heterocycles. The molecule has 1 aromatic carbocycles. The zero-order valence-corrected chi connectivity index (χ0v) is 21.8. The molecule has 202 valence electrons. The van der Waals surface area contributed by atoms with Crippen LogP contribution in [0.15, 0.2) is 41.6 Å². The molecular formula is C29H37F3N2O3. The van der Waals surface area contributed by atoms with Gasteiger partial charge in [0, 0.05) is 25.1 Å². The lowest BCUT2D eigenvalue weighted by Crippen LogP contribution is -2.66. The Hall–Kier alpha value is -2.64. The lowest BCUT2D eigenvalue weighted by Gasteiger charge is -2.35. The molecule has 1 atom stereocenters. The van der Waals surface area contributed by atoms with Gasteiger partial charge in [0.1, 0.15) is 0 Å². The number of ketones is 1.